The summed E-state index contributed by atoms with van der Waals surface area (Å²) in [5, 5.41) is 8.37. The lowest BCUT2D eigenvalue weighted by Gasteiger charge is -1.92. The molecule has 0 bridgehead atoms. The molecule has 0 amide bonds. The topological polar surface area (TPSA) is 89.3 Å². The van der Waals surface area contributed by atoms with E-state index in [1.54, 1.807) is 12.1 Å². The quantitative estimate of drug-likeness (QED) is 0.645. The zero-order chi connectivity index (χ0) is 10.8. The van der Waals surface area contributed by atoms with Crippen molar-refractivity contribution in [2.24, 2.45) is 11.5 Å². The number of rotatable bonds is 3. The molecule has 0 unspecified atom stereocenters. The molecule has 0 aliphatic heterocycles. The van der Waals surface area contributed by atoms with E-state index in [-0.39, 0.29) is 6.42 Å². The van der Waals surface area contributed by atoms with Crippen LogP contribution >= 0.6 is 0 Å². The van der Waals surface area contributed by atoms with Crippen molar-refractivity contribution in [3.63, 3.8) is 0 Å². The van der Waals surface area contributed by atoms with E-state index in [1.807, 2.05) is 18.2 Å². The maximum atomic E-state index is 10.2. The molecule has 0 atom stereocenters. The Kier molecular flexibility index (Phi) is 7.40. The van der Waals surface area contributed by atoms with Crippen molar-refractivity contribution in [1.82, 2.24) is 0 Å². The minimum Gasteiger partial charge on any atom is -0.481 e. The number of carbonyl (C=O) groups is 1. The van der Waals surface area contributed by atoms with E-state index in [2.05, 4.69) is 0 Å². The molecule has 78 valence electrons. The predicted octanol–water partition coefficient (Wildman–Crippen LogP) is 0.218. The molecule has 4 heteroatoms. The van der Waals surface area contributed by atoms with E-state index in [1.165, 1.54) is 0 Å². The molecule has 0 aromatic heterocycles. The van der Waals surface area contributed by atoms with Crippen LogP contribution in [0.2, 0.25) is 0 Å². The van der Waals surface area contributed by atoms with Gasteiger partial charge in [-0.15, -0.1) is 0 Å². The number of carboxylic acid groups (broad SMARTS) is 1. The van der Waals surface area contributed by atoms with Gasteiger partial charge in [0.05, 0.1) is 6.42 Å². The van der Waals surface area contributed by atoms with Gasteiger partial charge in [0.15, 0.2) is 0 Å². The largest absolute Gasteiger partial charge is 0.481 e. The van der Waals surface area contributed by atoms with Gasteiger partial charge >= 0.3 is 5.97 Å². The first-order valence-electron chi connectivity index (χ1n) is 4.36. The molecule has 1 aromatic carbocycles. The van der Waals surface area contributed by atoms with Gasteiger partial charge in [-0.2, -0.15) is 0 Å². The fourth-order valence-electron chi connectivity index (χ4n) is 0.770. The van der Waals surface area contributed by atoms with Gasteiger partial charge in [0.1, 0.15) is 0 Å². The first kappa shape index (κ1) is 12.6. The highest BCUT2D eigenvalue weighted by atomic mass is 16.4. The van der Waals surface area contributed by atoms with Crippen molar-refractivity contribution < 1.29 is 9.90 Å². The number of hydrogen-bond acceptors (Lipinski definition) is 3. The smallest absolute Gasteiger partial charge is 0.307 e. The van der Waals surface area contributed by atoms with Crippen LogP contribution in [0.3, 0.4) is 0 Å². The highest BCUT2D eigenvalue weighted by Crippen LogP contribution is 1.98. The van der Waals surface area contributed by atoms with Gasteiger partial charge in [0.25, 0.3) is 0 Å². The van der Waals surface area contributed by atoms with Gasteiger partial charge in [-0.05, 0) is 5.56 Å². The van der Waals surface area contributed by atoms with Crippen molar-refractivity contribution >= 4 is 5.97 Å². The van der Waals surface area contributed by atoms with Crippen molar-refractivity contribution in [2.75, 3.05) is 13.1 Å². The number of carboxylic acids is 1. The number of aliphatic carboxylic acids is 1. The van der Waals surface area contributed by atoms with Crippen LogP contribution in [0.15, 0.2) is 30.3 Å². The Labute approximate surface area is 83.5 Å². The summed E-state index contributed by atoms with van der Waals surface area (Å²) in [5.74, 6) is -0.786. The van der Waals surface area contributed by atoms with Crippen molar-refractivity contribution in [3.8, 4) is 0 Å². The van der Waals surface area contributed by atoms with Gasteiger partial charge in [-0.25, -0.2) is 0 Å². The molecule has 0 saturated heterocycles. The maximum absolute atomic E-state index is 10.2. The summed E-state index contributed by atoms with van der Waals surface area (Å²) in [6.45, 7) is 1.19. The Morgan fingerprint density at radius 1 is 1.14 bits per heavy atom. The summed E-state index contributed by atoms with van der Waals surface area (Å²) >= 11 is 0. The molecule has 0 aliphatic rings. The summed E-state index contributed by atoms with van der Waals surface area (Å²) < 4.78 is 0. The lowest BCUT2D eigenvalue weighted by Crippen LogP contribution is -2.11. The van der Waals surface area contributed by atoms with Crippen LogP contribution < -0.4 is 11.5 Å². The van der Waals surface area contributed by atoms with E-state index in [0.29, 0.717) is 13.1 Å². The second-order valence-corrected chi connectivity index (χ2v) is 2.63. The zero-order valence-electron chi connectivity index (χ0n) is 8.02. The monoisotopic (exact) mass is 196 g/mol. The standard InChI is InChI=1S/C8H8O2.C2H8N2/c9-8(10)6-7-4-2-1-3-5-7;3-1-2-4/h1-5H,6H2,(H,9,10);1-4H2. The number of benzene rings is 1. The third-order valence-electron chi connectivity index (χ3n) is 1.36. The van der Waals surface area contributed by atoms with Gasteiger partial charge in [0, 0.05) is 13.1 Å². The molecule has 1 rings (SSSR count). The third kappa shape index (κ3) is 7.27. The minimum absolute atomic E-state index is 0.112. The summed E-state index contributed by atoms with van der Waals surface area (Å²) in [4.78, 5) is 10.2. The van der Waals surface area contributed by atoms with Crippen LogP contribution in [0, 0.1) is 0 Å². The first-order valence-corrected chi connectivity index (χ1v) is 4.36. The second-order valence-electron chi connectivity index (χ2n) is 2.63. The summed E-state index contributed by atoms with van der Waals surface area (Å²) in [6.07, 6.45) is 0.112. The Morgan fingerprint density at radius 2 is 1.64 bits per heavy atom. The molecule has 14 heavy (non-hydrogen) atoms. The Morgan fingerprint density at radius 3 is 2.00 bits per heavy atom. The van der Waals surface area contributed by atoms with Crippen molar-refractivity contribution in [3.05, 3.63) is 35.9 Å². The van der Waals surface area contributed by atoms with Crippen LogP contribution in [-0.2, 0) is 11.2 Å². The molecule has 5 N–H and O–H groups in total. The molecule has 4 nitrogen and oxygen atoms in total. The van der Waals surface area contributed by atoms with Crippen LogP contribution in [0.4, 0.5) is 0 Å². The van der Waals surface area contributed by atoms with E-state index in [9.17, 15) is 4.79 Å². The Balaban J connectivity index is 0.000000364. The predicted molar refractivity (Wildman–Crippen MR) is 55.9 cm³/mol. The summed E-state index contributed by atoms with van der Waals surface area (Å²) in [7, 11) is 0. The normalized spacial score (nSPS) is 8.71. The van der Waals surface area contributed by atoms with Gasteiger partial charge < -0.3 is 16.6 Å². The number of nitrogens with two attached hydrogens (primary N) is 2. The van der Waals surface area contributed by atoms with Gasteiger partial charge in [0.2, 0.25) is 0 Å². The maximum Gasteiger partial charge on any atom is 0.307 e. The Bertz CT molecular complexity index is 248. The molecule has 0 fully saturated rings. The SMILES string of the molecule is NCCN.O=C(O)Cc1ccccc1. The molecule has 0 radical (unpaired) electrons. The summed E-state index contributed by atoms with van der Waals surface area (Å²) in [5.41, 5.74) is 10.6. The van der Waals surface area contributed by atoms with Crippen LogP contribution in [0.25, 0.3) is 0 Å². The average molecular weight is 196 g/mol. The zero-order valence-corrected chi connectivity index (χ0v) is 8.02. The molecular formula is C10H16N2O2. The molecule has 0 heterocycles. The lowest BCUT2D eigenvalue weighted by atomic mass is 10.2. The van der Waals surface area contributed by atoms with Crippen LogP contribution in [0.5, 0.6) is 0 Å². The van der Waals surface area contributed by atoms with E-state index in [0.717, 1.165) is 5.56 Å². The molecule has 1 aromatic rings. The fraction of sp³-hybridized carbons (Fsp3) is 0.300. The van der Waals surface area contributed by atoms with Crippen molar-refractivity contribution in [1.29, 1.82) is 0 Å². The van der Waals surface area contributed by atoms with Crippen LogP contribution in [0.1, 0.15) is 5.56 Å². The first-order chi connectivity index (χ1) is 6.70. The van der Waals surface area contributed by atoms with Crippen molar-refractivity contribution in [2.45, 2.75) is 6.42 Å². The van der Waals surface area contributed by atoms with E-state index < -0.39 is 5.97 Å². The van der Waals surface area contributed by atoms with Gasteiger partial charge in [-0.1, -0.05) is 30.3 Å². The minimum atomic E-state index is -0.786. The lowest BCUT2D eigenvalue weighted by molar-refractivity contribution is -0.136. The average Bonchev–Trinajstić information content (AvgIpc) is 2.19. The van der Waals surface area contributed by atoms with Gasteiger partial charge in [-0.3, -0.25) is 4.79 Å². The molecule has 0 saturated carbocycles. The molecular weight excluding hydrogens is 180 g/mol. The number of hydrogen-bond donors (Lipinski definition) is 3. The van der Waals surface area contributed by atoms with E-state index >= 15 is 0 Å². The molecule has 0 spiro atoms. The highest BCUT2D eigenvalue weighted by molar-refractivity contribution is 5.70. The fourth-order valence-corrected chi connectivity index (χ4v) is 0.770. The second kappa shape index (κ2) is 8.22. The van der Waals surface area contributed by atoms with E-state index in [4.69, 9.17) is 16.6 Å². The van der Waals surface area contributed by atoms with Crippen LogP contribution in [-0.4, -0.2) is 24.2 Å². The third-order valence-corrected chi connectivity index (χ3v) is 1.36. The highest BCUT2D eigenvalue weighted by Gasteiger charge is 1.96. The summed E-state index contributed by atoms with van der Waals surface area (Å²) in [6, 6.07) is 9.13. The Hall–Kier alpha value is -1.39. The molecule has 0 aliphatic carbocycles.